The van der Waals surface area contributed by atoms with Crippen LogP contribution in [0.3, 0.4) is 0 Å². The van der Waals surface area contributed by atoms with Crippen LogP contribution in [0.1, 0.15) is 38.8 Å². The Kier molecular flexibility index (Phi) is 5.73. The van der Waals surface area contributed by atoms with Crippen LogP contribution >= 0.6 is 11.8 Å². The van der Waals surface area contributed by atoms with E-state index in [0.29, 0.717) is 11.3 Å². The summed E-state index contributed by atoms with van der Waals surface area (Å²) in [7, 11) is 0. The average Bonchev–Trinajstić information content (AvgIpc) is 2.33. The minimum Gasteiger partial charge on any atom is -0.351 e. The molecule has 0 aliphatic heterocycles. The molecule has 0 fully saturated rings. The number of alkyl halides is 3. The summed E-state index contributed by atoms with van der Waals surface area (Å²) >= 11 is 1.32. The fraction of sp³-hybridized carbons (Fsp3) is 0.533. The van der Waals surface area contributed by atoms with E-state index in [0.717, 1.165) is 12.1 Å². The molecular weight excluding hydrogens is 299 g/mol. The Bertz CT molecular complexity index is 494. The number of halogens is 3. The molecule has 0 bridgehead atoms. The summed E-state index contributed by atoms with van der Waals surface area (Å²) in [6.07, 6.45) is -4.34. The largest absolute Gasteiger partial charge is 0.416 e. The van der Waals surface area contributed by atoms with Crippen molar-refractivity contribution in [2.24, 2.45) is 0 Å². The van der Waals surface area contributed by atoms with Gasteiger partial charge in [0.2, 0.25) is 5.91 Å². The molecule has 1 amide bonds. The first-order chi connectivity index (χ1) is 9.49. The number of hydrogen-bond donors (Lipinski definition) is 1. The van der Waals surface area contributed by atoms with Gasteiger partial charge in [0.15, 0.2) is 0 Å². The van der Waals surface area contributed by atoms with Gasteiger partial charge in [-0.05, 0) is 39.3 Å². The van der Waals surface area contributed by atoms with E-state index >= 15 is 0 Å². The summed E-state index contributed by atoms with van der Waals surface area (Å²) in [6, 6.07) is 5.19. The average molecular weight is 319 g/mol. The third-order valence-electron chi connectivity index (χ3n) is 2.62. The molecule has 118 valence electrons. The monoisotopic (exact) mass is 319 g/mol. The van der Waals surface area contributed by atoms with Crippen LogP contribution in [0.15, 0.2) is 24.3 Å². The van der Waals surface area contributed by atoms with Gasteiger partial charge in [-0.3, -0.25) is 4.79 Å². The van der Waals surface area contributed by atoms with Crippen LogP contribution in [0.2, 0.25) is 0 Å². The van der Waals surface area contributed by atoms with E-state index < -0.39 is 11.7 Å². The molecule has 0 heterocycles. The minimum absolute atomic E-state index is 0.112. The highest BCUT2D eigenvalue weighted by Crippen LogP contribution is 2.30. The van der Waals surface area contributed by atoms with Gasteiger partial charge >= 0.3 is 6.18 Å². The van der Waals surface area contributed by atoms with Crippen LogP contribution in [0.5, 0.6) is 0 Å². The lowest BCUT2D eigenvalue weighted by Gasteiger charge is -2.23. The molecule has 1 rings (SSSR count). The number of amides is 1. The van der Waals surface area contributed by atoms with E-state index in [-0.39, 0.29) is 16.7 Å². The summed E-state index contributed by atoms with van der Waals surface area (Å²) in [5.41, 5.74) is -0.417. The van der Waals surface area contributed by atoms with Crippen molar-refractivity contribution in [2.45, 2.75) is 50.4 Å². The summed E-state index contributed by atoms with van der Waals surface area (Å²) in [4.78, 5) is 11.9. The van der Waals surface area contributed by atoms with Crippen LogP contribution in [0, 0.1) is 0 Å². The number of benzene rings is 1. The van der Waals surface area contributed by atoms with Gasteiger partial charge in [-0.1, -0.05) is 18.2 Å². The SMILES string of the molecule is CC(SCc1cccc(C(F)(F)F)c1)C(=O)NC(C)(C)C. The van der Waals surface area contributed by atoms with Crippen molar-refractivity contribution in [2.75, 3.05) is 0 Å². The predicted molar refractivity (Wildman–Crippen MR) is 80.1 cm³/mol. The number of thioether (sulfide) groups is 1. The van der Waals surface area contributed by atoms with Gasteiger partial charge in [-0.25, -0.2) is 0 Å². The van der Waals surface area contributed by atoms with Crippen molar-refractivity contribution >= 4 is 17.7 Å². The van der Waals surface area contributed by atoms with Gasteiger partial charge in [-0.2, -0.15) is 13.2 Å². The maximum absolute atomic E-state index is 12.6. The highest BCUT2D eigenvalue weighted by atomic mass is 32.2. The Morgan fingerprint density at radius 3 is 2.43 bits per heavy atom. The predicted octanol–water partition coefficient (Wildman–Crippen LogP) is 4.24. The smallest absolute Gasteiger partial charge is 0.351 e. The molecule has 1 aromatic carbocycles. The minimum atomic E-state index is -4.34. The maximum atomic E-state index is 12.6. The molecule has 1 atom stereocenters. The van der Waals surface area contributed by atoms with Gasteiger partial charge in [0.05, 0.1) is 10.8 Å². The Hall–Kier alpha value is -1.17. The molecule has 0 aromatic heterocycles. The molecule has 6 heteroatoms. The van der Waals surface area contributed by atoms with Crippen molar-refractivity contribution in [3.05, 3.63) is 35.4 Å². The standard InChI is InChI=1S/C15H20F3NOS/c1-10(13(20)19-14(2,3)4)21-9-11-6-5-7-12(8-11)15(16,17)18/h5-8,10H,9H2,1-4H3,(H,19,20). The van der Waals surface area contributed by atoms with Crippen molar-refractivity contribution < 1.29 is 18.0 Å². The number of carbonyl (C=O) groups is 1. The molecule has 0 saturated carbocycles. The summed E-state index contributed by atoms with van der Waals surface area (Å²) in [6.45, 7) is 7.40. The second kappa shape index (κ2) is 6.73. The lowest BCUT2D eigenvalue weighted by atomic mass is 10.1. The summed E-state index contributed by atoms with van der Waals surface area (Å²) in [5, 5.41) is 2.53. The van der Waals surface area contributed by atoms with Gasteiger partial charge in [0.1, 0.15) is 0 Å². The Labute approximate surface area is 127 Å². The zero-order valence-electron chi connectivity index (χ0n) is 12.5. The molecule has 2 nitrogen and oxygen atoms in total. The third kappa shape index (κ3) is 6.42. The fourth-order valence-electron chi connectivity index (χ4n) is 1.61. The molecule has 21 heavy (non-hydrogen) atoms. The highest BCUT2D eigenvalue weighted by Gasteiger charge is 2.30. The topological polar surface area (TPSA) is 29.1 Å². The van der Waals surface area contributed by atoms with Crippen molar-refractivity contribution in [1.82, 2.24) is 5.32 Å². The second-order valence-corrected chi connectivity index (χ2v) is 7.22. The Balaban J connectivity index is 2.61. The van der Waals surface area contributed by atoms with Crippen LogP contribution in [0.4, 0.5) is 13.2 Å². The van der Waals surface area contributed by atoms with Gasteiger partial charge < -0.3 is 5.32 Å². The van der Waals surface area contributed by atoms with E-state index in [1.165, 1.54) is 17.8 Å². The van der Waals surface area contributed by atoms with Crippen molar-refractivity contribution in [3.63, 3.8) is 0 Å². The van der Waals surface area contributed by atoms with Gasteiger partial charge in [-0.15, -0.1) is 11.8 Å². The summed E-state index contributed by atoms with van der Waals surface area (Å²) in [5.74, 6) is 0.252. The maximum Gasteiger partial charge on any atom is 0.416 e. The lowest BCUT2D eigenvalue weighted by Crippen LogP contribution is -2.44. The second-order valence-electron chi connectivity index (χ2n) is 5.89. The number of carbonyl (C=O) groups excluding carboxylic acids is 1. The van der Waals surface area contributed by atoms with E-state index in [9.17, 15) is 18.0 Å². The van der Waals surface area contributed by atoms with Crippen molar-refractivity contribution in [3.8, 4) is 0 Å². The van der Waals surface area contributed by atoms with Gasteiger partial charge in [0, 0.05) is 11.3 Å². The van der Waals surface area contributed by atoms with Crippen LogP contribution in [-0.2, 0) is 16.7 Å². The zero-order valence-corrected chi connectivity index (χ0v) is 13.4. The molecule has 0 radical (unpaired) electrons. The van der Waals surface area contributed by atoms with Crippen LogP contribution < -0.4 is 5.32 Å². The molecule has 1 unspecified atom stereocenters. The van der Waals surface area contributed by atoms with E-state index in [2.05, 4.69) is 5.32 Å². The number of hydrogen-bond acceptors (Lipinski definition) is 2. The van der Waals surface area contributed by atoms with E-state index in [1.54, 1.807) is 13.0 Å². The number of rotatable bonds is 4. The fourth-order valence-corrected chi connectivity index (χ4v) is 2.44. The lowest BCUT2D eigenvalue weighted by molar-refractivity contribution is -0.137. The zero-order chi connectivity index (χ0) is 16.3. The molecule has 1 N–H and O–H groups in total. The normalized spacial score (nSPS) is 13.9. The Morgan fingerprint density at radius 2 is 1.90 bits per heavy atom. The summed E-state index contributed by atoms with van der Waals surface area (Å²) < 4.78 is 37.8. The molecule has 0 spiro atoms. The third-order valence-corrected chi connectivity index (χ3v) is 3.84. The molecule has 0 saturated heterocycles. The van der Waals surface area contributed by atoms with Crippen LogP contribution in [-0.4, -0.2) is 16.7 Å². The first-order valence-electron chi connectivity index (χ1n) is 6.59. The van der Waals surface area contributed by atoms with Crippen LogP contribution in [0.25, 0.3) is 0 Å². The van der Waals surface area contributed by atoms with E-state index in [4.69, 9.17) is 0 Å². The van der Waals surface area contributed by atoms with E-state index in [1.807, 2.05) is 20.8 Å². The number of nitrogens with one attached hydrogen (secondary N) is 1. The molecular formula is C15H20F3NOS. The first kappa shape index (κ1) is 17.9. The quantitative estimate of drug-likeness (QED) is 0.899. The first-order valence-corrected chi connectivity index (χ1v) is 7.64. The van der Waals surface area contributed by atoms with Crippen molar-refractivity contribution in [1.29, 1.82) is 0 Å². The molecule has 1 aromatic rings. The molecule has 0 aliphatic rings. The molecule has 0 aliphatic carbocycles. The Morgan fingerprint density at radius 1 is 1.29 bits per heavy atom. The highest BCUT2D eigenvalue weighted by molar-refractivity contribution is 7.99. The van der Waals surface area contributed by atoms with Gasteiger partial charge in [0.25, 0.3) is 0 Å².